The van der Waals surface area contributed by atoms with Crippen molar-refractivity contribution in [2.75, 3.05) is 20.8 Å². The average Bonchev–Trinajstić information content (AvgIpc) is 2.93. The normalized spacial score (nSPS) is 12.2. The first-order valence-electron chi connectivity index (χ1n) is 6.90. The molecule has 1 unspecified atom stereocenters. The van der Waals surface area contributed by atoms with Gasteiger partial charge in [0.05, 0.1) is 25.8 Å². The molecule has 0 amide bonds. The fourth-order valence-corrected chi connectivity index (χ4v) is 3.98. The van der Waals surface area contributed by atoms with E-state index < -0.39 is 0 Å². The minimum atomic E-state index is 0.0467. The first-order chi connectivity index (χ1) is 10.2. The van der Waals surface area contributed by atoms with Crippen LogP contribution in [0.1, 0.15) is 29.8 Å². The van der Waals surface area contributed by atoms with E-state index in [1.54, 1.807) is 25.6 Å². The molecule has 0 saturated heterocycles. The van der Waals surface area contributed by atoms with Gasteiger partial charge >= 0.3 is 0 Å². The summed E-state index contributed by atoms with van der Waals surface area (Å²) in [6, 6.07) is 8.01. The van der Waals surface area contributed by atoms with Crippen LogP contribution < -0.4 is 14.8 Å². The van der Waals surface area contributed by atoms with E-state index in [1.165, 1.54) is 4.88 Å². The SMILES string of the molecule is CCCNC(c1sccc1Br)c1c(OC)cccc1OC. The lowest BCUT2D eigenvalue weighted by Crippen LogP contribution is -2.23. The van der Waals surface area contributed by atoms with E-state index in [4.69, 9.17) is 9.47 Å². The first kappa shape index (κ1) is 16.3. The molecule has 0 aliphatic heterocycles. The number of thiophene rings is 1. The van der Waals surface area contributed by atoms with Crippen LogP contribution in [0.4, 0.5) is 0 Å². The second kappa shape index (κ2) is 7.82. The molecule has 1 aromatic carbocycles. The molecule has 0 spiro atoms. The highest BCUT2D eigenvalue weighted by atomic mass is 79.9. The van der Waals surface area contributed by atoms with Crippen molar-refractivity contribution in [2.45, 2.75) is 19.4 Å². The zero-order chi connectivity index (χ0) is 15.2. The summed E-state index contributed by atoms with van der Waals surface area (Å²) >= 11 is 5.36. The summed E-state index contributed by atoms with van der Waals surface area (Å²) in [5, 5.41) is 5.68. The highest BCUT2D eigenvalue weighted by Gasteiger charge is 2.24. The van der Waals surface area contributed by atoms with Gasteiger partial charge in [-0.15, -0.1) is 11.3 Å². The lowest BCUT2D eigenvalue weighted by atomic mass is 10.0. The van der Waals surface area contributed by atoms with Crippen LogP contribution in [0, 0.1) is 0 Å². The third kappa shape index (κ3) is 3.59. The van der Waals surface area contributed by atoms with E-state index in [2.05, 4.69) is 39.6 Å². The van der Waals surface area contributed by atoms with Gasteiger partial charge in [0.25, 0.3) is 0 Å². The average molecular weight is 370 g/mol. The Morgan fingerprint density at radius 1 is 1.19 bits per heavy atom. The summed E-state index contributed by atoms with van der Waals surface area (Å²) < 4.78 is 12.2. The highest BCUT2D eigenvalue weighted by Crippen LogP contribution is 2.41. The van der Waals surface area contributed by atoms with E-state index in [1.807, 2.05) is 18.2 Å². The number of hydrogen-bond donors (Lipinski definition) is 1. The second-order valence-corrected chi connectivity index (χ2v) is 6.40. The minimum absolute atomic E-state index is 0.0467. The molecule has 0 bridgehead atoms. The van der Waals surface area contributed by atoms with Gasteiger partial charge in [-0.2, -0.15) is 0 Å². The van der Waals surface area contributed by atoms with Crippen molar-refractivity contribution >= 4 is 27.3 Å². The second-order valence-electron chi connectivity index (χ2n) is 4.60. The zero-order valence-corrected chi connectivity index (χ0v) is 14.9. The summed E-state index contributed by atoms with van der Waals surface area (Å²) in [6.07, 6.45) is 1.07. The highest BCUT2D eigenvalue weighted by molar-refractivity contribution is 9.10. The van der Waals surface area contributed by atoms with Gasteiger partial charge in [-0.1, -0.05) is 13.0 Å². The van der Waals surface area contributed by atoms with Crippen LogP contribution in [0.3, 0.4) is 0 Å². The van der Waals surface area contributed by atoms with Crippen molar-refractivity contribution in [3.8, 4) is 11.5 Å². The van der Waals surface area contributed by atoms with Crippen molar-refractivity contribution < 1.29 is 9.47 Å². The van der Waals surface area contributed by atoms with E-state index >= 15 is 0 Å². The Labute approximate surface area is 138 Å². The van der Waals surface area contributed by atoms with Gasteiger partial charge in [0.2, 0.25) is 0 Å². The lowest BCUT2D eigenvalue weighted by Gasteiger charge is -2.23. The fourth-order valence-electron chi connectivity index (χ4n) is 2.29. The van der Waals surface area contributed by atoms with Crippen molar-refractivity contribution in [1.82, 2.24) is 5.32 Å². The number of hydrogen-bond acceptors (Lipinski definition) is 4. The molecule has 2 rings (SSSR count). The molecular weight excluding hydrogens is 350 g/mol. The van der Waals surface area contributed by atoms with E-state index in [-0.39, 0.29) is 6.04 Å². The van der Waals surface area contributed by atoms with Gasteiger partial charge in [-0.3, -0.25) is 0 Å². The third-order valence-corrected chi connectivity index (χ3v) is 5.20. The van der Waals surface area contributed by atoms with Crippen LogP contribution in [0.25, 0.3) is 0 Å². The molecule has 3 nitrogen and oxygen atoms in total. The Balaban J connectivity index is 2.53. The fraction of sp³-hybridized carbons (Fsp3) is 0.375. The standard InChI is InChI=1S/C16H20BrNO2S/c1-4-9-18-15(16-11(17)8-10-21-16)14-12(19-2)6-5-7-13(14)20-3/h5-8,10,15,18H,4,9H2,1-3H3. The largest absolute Gasteiger partial charge is 0.496 e. The molecule has 0 fully saturated rings. The summed E-state index contributed by atoms with van der Waals surface area (Å²) in [7, 11) is 3.39. The van der Waals surface area contributed by atoms with Crippen LogP contribution >= 0.6 is 27.3 Å². The minimum Gasteiger partial charge on any atom is -0.496 e. The van der Waals surface area contributed by atoms with Gasteiger partial charge in [-0.25, -0.2) is 0 Å². The van der Waals surface area contributed by atoms with Gasteiger partial charge in [0.1, 0.15) is 11.5 Å². The number of ether oxygens (including phenoxy) is 2. The van der Waals surface area contributed by atoms with Crippen LogP contribution in [0.5, 0.6) is 11.5 Å². The predicted octanol–water partition coefficient (Wildman–Crippen LogP) is 4.62. The summed E-state index contributed by atoms with van der Waals surface area (Å²) in [5.74, 6) is 1.67. The molecule has 21 heavy (non-hydrogen) atoms. The Kier molecular flexibility index (Phi) is 6.08. The van der Waals surface area contributed by atoms with Crippen LogP contribution in [0.15, 0.2) is 34.1 Å². The molecule has 0 aliphatic rings. The monoisotopic (exact) mass is 369 g/mol. The number of rotatable bonds is 7. The van der Waals surface area contributed by atoms with E-state index in [0.29, 0.717) is 0 Å². The maximum absolute atomic E-state index is 5.56. The maximum Gasteiger partial charge on any atom is 0.127 e. The first-order valence-corrected chi connectivity index (χ1v) is 8.57. The van der Waals surface area contributed by atoms with Crippen molar-refractivity contribution in [3.05, 3.63) is 44.6 Å². The Morgan fingerprint density at radius 2 is 1.86 bits per heavy atom. The van der Waals surface area contributed by atoms with E-state index in [0.717, 1.165) is 34.5 Å². The molecule has 1 atom stereocenters. The van der Waals surface area contributed by atoms with Crippen LogP contribution in [-0.2, 0) is 0 Å². The Hall–Kier alpha value is -1.04. The number of nitrogens with one attached hydrogen (secondary N) is 1. The van der Waals surface area contributed by atoms with Gasteiger partial charge in [0.15, 0.2) is 0 Å². The molecular formula is C16H20BrNO2S. The van der Waals surface area contributed by atoms with E-state index in [9.17, 15) is 0 Å². The Morgan fingerprint density at radius 3 is 2.33 bits per heavy atom. The zero-order valence-electron chi connectivity index (χ0n) is 12.5. The molecule has 0 radical (unpaired) electrons. The molecule has 2 aromatic rings. The third-order valence-electron chi connectivity index (χ3n) is 3.26. The molecule has 0 saturated carbocycles. The number of benzene rings is 1. The smallest absolute Gasteiger partial charge is 0.127 e. The molecule has 114 valence electrons. The van der Waals surface area contributed by atoms with Gasteiger partial charge < -0.3 is 14.8 Å². The van der Waals surface area contributed by atoms with Crippen molar-refractivity contribution in [1.29, 1.82) is 0 Å². The quantitative estimate of drug-likeness (QED) is 0.772. The molecule has 1 aromatic heterocycles. The summed E-state index contributed by atoms with van der Waals surface area (Å²) in [4.78, 5) is 1.23. The lowest BCUT2D eigenvalue weighted by molar-refractivity contribution is 0.377. The Bertz CT molecular complexity index is 563. The van der Waals surface area contributed by atoms with Gasteiger partial charge in [-0.05, 0) is 52.5 Å². The predicted molar refractivity (Wildman–Crippen MR) is 91.7 cm³/mol. The number of halogens is 1. The van der Waals surface area contributed by atoms with Crippen LogP contribution in [-0.4, -0.2) is 20.8 Å². The number of methoxy groups -OCH3 is 2. The molecule has 1 N–H and O–H groups in total. The molecule has 0 aliphatic carbocycles. The van der Waals surface area contributed by atoms with Crippen molar-refractivity contribution in [3.63, 3.8) is 0 Å². The van der Waals surface area contributed by atoms with Crippen LogP contribution in [0.2, 0.25) is 0 Å². The summed E-state index contributed by atoms with van der Waals surface area (Å²) in [5.41, 5.74) is 1.04. The molecule has 1 heterocycles. The summed E-state index contributed by atoms with van der Waals surface area (Å²) in [6.45, 7) is 3.09. The maximum atomic E-state index is 5.56. The van der Waals surface area contributed by atoms with Crippen molar-refractivity contribution in [2.24, 2.45) is 0 Å². The topological polar surface area (TPSA) is 30.5 Å². The molecule has 5 heteroatoms. The van der Waals surface area contributed by atoms with Gasteiger partial charge in [0, 0.05) is 9.35 Å².